The summed E-state index contributed by atoms with van der Waals surface area (Å²) in [6.45, 7) is 1.09. The van der Waals surface area contributed by atoms with E-state index in [0.29, 0.717) is 6.04 Å². The lowest BCUT2D eigenvalue weighted by Crippen LogP contribution is -2.20. The molecule has 3 nitrogen and oxygen atoms in total. The van der Waals surface area contributed by atoms with E-state index in [1.165, 1.54) is 19.3 Å². The molecule has 1 N–H and O–H groups in total. The van der Waals surface area contributed by atoms with Crippen molar-refractivity contribution in [2.24, 2.45) is 0 Å². The number of rotatable bonds is 2. The van der Waals surface area contributed by atoms with Crippen LogP contribution in [0.4, 0.5) is 0 Å². The fraction of sp³-hybridized carbons (Fsp3) is 0.462. The van der Waals surface area contributed by atoms with E-state index in [0.717, 1.165) is 29.3 Å². The fourth-order valence-electron chi connectivity index (χ4n) is 2.27. The Bertz CT molecular complexity index is 455. The molecule has 3 rings (SSSR count). The van der Waals surface area contributed by atoms with Crippen molar-refractivity contribution in [2.75, 3.05) is 6.54 Å². The molecule has 2 aromatic rings. The van der Waals surface area contributed by atoms with Crippen LogP contribution in [0.2, 0.25) is 0 Å². The summed E-state index contributed by atoms with van der Waals surface area (Å²) in [6.07, 6.45) is 5.03. The van der Waals surface area contributed by atoms with Gasteiger partial charge < -0.3 is 9.84 Å². The highest BCUT2D eigenvalue weighted by molar-refractivity contribution is 7.13. The van der Waals surface area contributed by atoms with E-state index in [-0.39, 0.29) is 0 Å². The molecule has 3 heterocycles. The first kappa shape index (κ1) is 11.0. The first-order chi connectivity index (χ1) is 8.43. The molecule has 4 heteroatoms. The lowest BCUT2D eigenvalue weighted by molar-refractivity contribution is 0.403. The van der Waals surface area contributed by atoms with Crippen molar-refractivity contribution in [3.63, 3.8) is 0 Å². The highest BCUT2D eigenvalue weighted by Crippen LogP contribution is 2.29. The van der Waals surface area contributed by atoms with Gasteiger partial charge in [0.2, 0.25) is 0 Å². The van der Waals surface area contributed by atoms with Crippen molar-refractivity contribution in [1.29, 1.82) is 0 Å². The second-order valence-corrected chi connectivity index (χ2v) is 5.40. The minimum absolute atomic E-state index is 0.370. The molecule has 0 spiro atoms. The second-order valence-electron chi connectivity index (χ2n) is 4.45. The van der Waals surface area contributed by atoms with Gasteiger partial charge in [0.05, 0.1) is 10.9 Å². The van der Waals surface area contributed by atoms with Crippen LogP contribution >= 0.6 is 11.3 Å². The van der Waals surface area contributed by atoms with Gasteiger partial charge in [-0.05, 0) is 30.8 Å². The zero-order valence-electron chi connectivity index (χ0n) is 9.69. The van der Waals surface area contributed by atoms with Gasteiger partial charge in [-0.3, -0.25) is 0 Å². The highest BCUT2D eigenvalue weighted by atomic mass is 32.1. The molecule has 0 aliphatic carbocycles. The molecular formula is C13H16N2OS. The maximum absolute atomic E-state index is 5.42. The molecule has 0 radical (unpaired) electrons. The average molecular weight is 248 g/mol. The number of nitrogens with one attached hydrogen (secondary N) is 1. The number of hydrogen-bond acceptors (Lipinski definition) is 4. The molecule has 1 saturated heterocycles. The smallest absolute Gasteiger partial charge is 0.177 e. The van der Waals surface area contributed by atoms with Crippen LogP contribution in [0.25, 0.3) is 10.6 Å². The molecule has 0 saturated carbocycles. The number of aromatic nitrogens is 1. The molecule has 2 aromatic heterocycles. The Kier molecular flexibility index (Phi) is 3.25. The zero-order chi connectivity index (χ0) is 11.5. The van der Waals surface area contributed by atoms with E-state index in [1.54, 1.807) is 11.3 Å². The highest BCUT2D eigenvalue weighted by Gasteiger charge is 2.18. The standard InChI is InChI=1S/C13H16N2OS/c1-2-5-10(14-7-3-1)11-9-12(16-15-11)13-6-4-8-17-13/h4,6,8-10,14H,1-3,5,7H2. The summed E-state index contributed by atoms with van der Waals surface area (Å²) in [5.74, 6) is 0.890. The zero-order valence-corrected chi connectivity index (χ0v) is 10.5. The SMILES string of the molecule is c1csc(-c2cc(C3CCCCCN3)no2)c1. The van der Waals surface area contributed by atoms with Crippen LogP contribution in [0, 0.1) is 0 Å². The maximum atomic E-state index is 5.42. The van der Waals surface area contributed by atoms with Gasteiger partial charge in [-0.15, -0.1) is 11.3 Å². The first-order valence-corrected chi connectivity index (χ1v) is 7.05. The monoisotopic (exact) mass is 248 g/mol. The molecule has 0 bridgehead atoms. The Morgan fingerprint density at radius 2 is 2.35 bits per heavy atom. The molecular weight excluding hydrogens is 232 g/mol. The van der Waals surface area contributed by atoms with Crippen LogP contribution in [-0.4, -0.2) is 11.7 Å². The fourth-order valence-corrected chi connectivity index (χ4v) is 2.94. The third-order valence-electron chi connectivity index (χ3n) is 3.21. The predicted octanol–water partition coefficient (Wildman–Crippen LogP) is 3.61. The van der Waals surface area contributed by atoms with Crippen molar-refractivity contribution < 1.29 is 4.52 Å². The third kappa shape index (κ3) is 2.42. The van der Waals surface area contributed by atoms with Crippen molar-refractivity contribution in [2.45, 2.75) is 31.7 Å². The van der Waals surface area contributed by atoms with Gasteiger partial charge in [0.15, 0.2) is 5.76 Å². The molecule has 1 unspecified atom stereocenters. The Morgan fingerprint density at radius 1 is 1.35 bits per heavy atom. The molecule has 1 aliphatic rings. The van der Waals surface area contributed by atoms with E-state index >= 15 is 0 Å². The largest absolute Gasteiger partial charge is 0.355 e. The van der Waals surface area contributed by atoms with E-state index < -0.39 is 0 Å². The Balaban J connectivity index is 1.79. The molecule has 17 heavy (non-hydrogen) atoms. The lowest BCUT2D eigenvalue weighted by atomic mass is 10.1. The molecule has 1 atom stereocenters. The Hall–Kier alpha value is -1.13. The summed E-state index contributed by atoms with van der Waals surface area (Å²) in [6, 6.07) is 6.55. The number of thiophene rings is 1. The maximum Gasteiger partial charge on any atom is 0.177 e. The van der Waals surface area contributed by atoms with Crippen LogP contribution in [0.5, 0.6) is 0 Å². The van der Waals surface area contributed by atoms with Crippen LogP contribution in [-0.2, 0) is 0 Å². The van der Waals surface area contributed by atoms with Crippen LogP contribution in [0.15, 0.2) is 28.1 Å². The van der Waals surface area contributed by atoms with Crippen molar-refractivity contribution in [1.82, 2.24) is 10.5 Å². The summed E-state index contributed by atoms with van der Waals surface area (Å²) >= 11 is 1.69. The van der Waals surface area contributed by atoms with E-state index in [1.807, 2.05) is 6.07 Å². The van der Waals surface area contributed by atoms with Crippen molar-refractivity contribution >= 4 is 11.3 Å². The van der Waals surface area contributed by atoms with Gasteiger partial charge in [0.1, 0.15) is 5.69 Å². The average Bonchev–Trinajstić information content (AvgIpc) is 2.95. The topological polar surface area (TPSA) is 38.1 Å². The molecule has 1 fully saturated rings. The molecule has 1 aliphatic heterocycles. The van der Waals surface area contributed by atoms with E-state index in [4.69, 9.17) is 4.52 Å². The van der Waals surface area contributed by atoms with Gasteiger partial charge in [0.25, 0.3) is 0 Å². The number of nitrogens with zero attached hydrogens (tertiary/aromatic N) is 1. The predicted molar refractivity (Wildman–Crippen MR) is 69.0 cm³/mol. The second kappa shape index (κ2) is 5.02. The minimum Gasteiger partial charge on any atom is -0.355 e. The summed E-state index contributed by atoms with van der Waals surface area (Å²) < 4.78 is 5.42. The summed E-state index contributed by atoms with van der Waals surface area (Å²) in [7, 11) is 0. The van der Waals surface area contributed by atoms with Crippen molar-refractivity contribution in [3.8, 4) is 10.6 Å². The summed E-state index contributed by atoms with van der Waals surface area (Å²) in [5, 5.41) is 9.80. The van der Waals surface area contributed by atoms with Crippen LogP contribution in [0.3, 0.4) is 0 Å². The molecule has 90 valence electrons. The van der Waals surface area contributed by atoms with Gasteiger partial charge in [-0.2, -0.15) is 0 Å². The first-order valence-electron chi connectivity index (χ1n) is 6.17. The van der Waals surface area contributed by atoms with Gasteiger partial charge >= 0.3 is 0 Å². The van der Waals surface area contributed by atoms with Gasteiger partial charge in [0, 0.05) is 6.07 Å². The third-order valence-corrected chi connectivity index (χ3v) is 4.09. The number of hydrogen-bond donors (Lipinski definition) is 1. The van der Waals surface area contributed by atoms with Gasteiger partial charge in [-0.25, -0.2) is 0 Å². The minimum atomic E-state index is 0.370. The van der Waals surface area contributed by atoms with E-state index in [9.17, 15) is 0 Å². The normalized spacial score (nSPS) is 21.3. The van der Waals surface area contributed by atoms with E-state index in [2.05, 4.69) is 28.0 Å². The van der Waals surface area contributed by atoms with Crippen LogP contribution < -0.4 is 5.32 Å². The molecule has 0 amide bonds. The van der Waals surface area contributed by atoms with Crippen LogP contribution in [0.1, 0.15) is 37.4 Å². The summed E-state index contributed by atoms with van der Waals surface area (Å²) in [5.41, 5.74) is 1.05. The molecule has 0 aromatic carbocycles. The van der Waals surface area contributed by atoms with Crippen molar-refractivity contribution in [3.05, 3.63) is 29.3 Å². The lowest BCUT2D eigenvalue weighted by Gasteiger charge is -2.11. The Labute approximate surface area is 105 Å². The Morgan fingerprint density at radius 3 is 3.24 bits per heavy atom. The quantitative estimate of drug-likeness (QED) is 0.882. The van der Waals surface area contributed by atoms with Gasteiger partial charge in [-0.1, -0.05) is 24.1 Å². The summed E-state index contributed by atoms with van der Waals surface area (Å²) in [4.78, 5) is 1.15.